The molecular weight excluding hydrogens is 636 g/mol. The highest BCUT2D eigenvalue weighted by atomic mass is 16.6. The van der Waals surface area contributed by atoms with E-state index >= 15 is 0 Å². The summed E-state index contributed by atoms with van der Waals surface area (Å²) in [6, 6.07) is 0. The van der Waals surface area contributed by atoms with Crippen LogP contribution in [0.5, 0.6) is 0 Å². The molecule has 0 saturated heterocycles. The number of aliphatic hydroxyl groups excluding tert-OH is 2. The highest BCUT2D eigenvalue weighted by Crippen LogP contribution is 2.60. The number of carbonyl (C=O) groups is 1. The molecular formula is C45H82O6. The zero-order valence-corrected chi connectivity index (χ0v) is 35.7. The number of hydrogen-bond donors (Lipinski definition) is 2. The average molecular weight is 719 g/mol. The molecule has 5 aliphatic rings. The van der Waals surface area contributed by atoms with Crippen LogP contribution in [0.1, 0.15) is 180 Å². The molecule has 0 aromatic heterocycles. The van der Waals surface area contributed by atoms with Gasteiger partial charge in [-0.15, -0.1) is 0 Å². The van der Waals surface area contributed by atoms with Crippen molar-refractivity contribution in [2.24, 2.45) is 69.0 Å². The second-order valence-electron chi connectivity index (χ2n) is 22.8. The summed E-state index contributed by atoms with van der Waals surface area (Å²) in [5.41, 5.74) is -0.887. The topological polar surface area (TPSA) is 85.2 Å². The molecule has 4 bridgehead atoms. The van der Waals surface area contributed by atoms with Gasteiger partial charge in [-0.1, -0.05) is 95.4 Å². The maximum Gasteiger partial charge on any atom is 0.332 e. The number of rotatable bonds is 16. The molecule has 6 heteroatoms. The molecule has 0 aliphatic heterocycles. The van der Waals surface area contributed by atoms with Crippen LogP contribution in [0.25, 0.3) is 0 Å². The van der Waals surface area contributed by atoms with E-state index in [0.717, 1.165) is 63.2 Å². The van der Waals surface area contributed by atoms with Gasteiger partial charge in [0.15, 0.2) is 12.6 Å². The van der Waals surface area contributed by atoms with Crippen molar-refractivity contribution in [3.63, 3.8) is 0 Å². The minimum absolute atomic E-state index is 0.0335. The van der Waals surface area contributed by atoms with Crippen LogP contribution in [-0.2, 0) is 19.0 Å². The van der Waals surface area contributed by atoms with Crippen LogP contribution in [-0.4, -0.2) is 46.6 Å². The van der Waals surface area contributed by atoms with Gasteiger partial charge in [-0.2, -0.15) is 0 Å². The molecule has 5 aliphatic carbocycles. The average Bonchev–Trinajstić information content (AvgIpc) is 2.99. The molecule has 298 valence electrons. The molecule has 5 rings (SSSR count). The Kier molecular flexibility index (Phi) is 13.3. The highest BCUT2D eigenvalue weighted by Gasteiger charge is 2.57. The molecule has 0 amide bonds. The van der Waals surface area contributed by atoms with Crippen molar-refractivity contribution in [2.45, 2.75) is 204 Å². The van der Waals surface area contributed by atoms with Gasteiger partial charge < -0.3 is 24.4 Å². The fourth-order valence-corrected chi connectivity index (χ4v) is 11.4. The van der Waals surface area contributed by atoms with E-state index in [1.807, 2.05) is 13.8 Å². The smallest absolute Gasteiger partial charge is 0.332 e. The number of carbonyl (C=O) groups excluding carboxylic acids is 1. The normalized spacial score (nSPS) is 32.8. The van der Waals surface area contributed by atoms with Gasteiger partial charge in [0.2, 0.25) is 0 Å². The Bertz CT molecular complexity index is 1100. The third-order valence-electron chi connectivity index (χ3n) is 14.8. The molecule has 5 saturated carbocycles. The van der Waals surface area contributed by atoms with Gasteiger partial charge in [-0.3, -0.25) is 0 Å². The predicted molar refractivity (Wildman–Crippen MR) is 208 cm³/mol. The standard InChI is InChI=1S/C45H82O6/c1-15-42(8,9)35(26-40(2,3)4)38(47)49-28-37(46)50-44(12,13)32-18-16-29(17-19-32)25-43(10,11)36(27-41(5,6)7)39(48)51-45(14)33-21-30-20-31(23-33)24-34(45)22-30/h29-36,38-39,47-48H,15-28H2,1-14H3. The first-order valence-electron chi connectivity index (χ1n) is 21.1. The largest absolute Gasteiger partial charge is 0.458 e. The third kappa shape index (κ3) is 11.0. The molecule has 4 atom stereocenters. The van der Waals surface area contributed by atoms with Gasteiger partial charge in [0.05, 0.1) is 5.60 Å². The minimum Gasteiger partial charge on any atom is -0.458 e. The van der Waals surface area contributed by atoms with Crippen LogP contribution >= 0.6 is 0 Å². The first-order chi connectivity index (χ1) is 23.2. The van der Waals surface area contributed by atoms with E-state index in [4.69, 9.17) is 14.2 Å². The van der Waals surface area contributed by atoms with E-state index in [9.17, 15) is 15.0 Å². The van der Waals surface area contributed by atoms with Crippen LogP contribution in [0.2, 0.25) is 0 Å². The van der Waals surface area contributed by atoms with E-state index in [1.54, 1.807) is 0 Å². The quantitative estimate of drug-likeness (QED) is 0.122. The zero-order valence-electron chi connectivity index (χ0n) is 35.7. The van der Waals surface area contributed by atoms with Crippen molar-refractivity contribution in [1.82, 2.24) is 0 Å². The molecule has 0 aromatic rings. The van der Waals surface area contributed by atoms with Crippen molar-refractivity contribution in [3.05, 3.63) is 0 Å². The van der Waals surface area contributed by atoms with Crippen LogP contribution in [0.15, 0.2) is 0 Å². The fourth-order valence-electron chi connectivity index (χ4n) is 11.4. The molecule has 51 heavy (non-hydrogen) atoms. The Morgan fingerprint density at radius 1 is 0.706 bits per heavy atom. The molecule has 2 N–H and O–H groups in total. The Morgan fingerprint density at radius 2 is 1.18 bits per heavy atom. The van der Waals surface area contributed by atoms with Crippen LogP contribution in [0, 0.1) is 69.0 Å². The van der Waals surface area contributed by atoms with E-state index in [0.29, 0.717) is 17.8 Å². The summed E-state index contributed by atoms with van der Waals surface area (Å²) in [6.07, 6.45) is 12.7. The van der Waals surface area contributed by atoms with Gasteiger partial charge >= 0.3 is 5.97 Å². The summed E-state index contributed by atoms with van der Waals surface area (Å²) in [4.78, 5) is 13.1. The van der Waals surface area contributed by atoms with Crippen LogP contribution in [0.3, 0.4) is 0 Å². The van der Waals surface area contributed by atoms with Crippen LogP contribution in [0.4, 0.5) is 0 Å². The van der Waals surface area contributed by atoms with Gasteiger partial charge in [-0.25, -0.2) is 4.79 Å². The second-order valence-corrected chi connectivity index (χ2v) is 22.8. The SMILES string of the molecule is CCC(C)(C)C(CC(C)(C)C)C(O)OCC(=O)OC(C)(C)C1CCC(CC(C)(C)C(CC(C)(C)C)C(O)OC2(C)C3CC4CC(C3)CC2C4)CC1. The van der Waals surface area contributed by atoms with Crippen molar-refractivity contribution in [2.75, 3.05) is 6.61 Å². The first kappa shape index (κ1) is 43.0. The Hall–Kier alpha value is -0.690. The molecule has 6 nitrogen and oxygen atoms in total. The number of hydrogen-bond acceptors (Lipinski definition) is 6. The first-order valence-corrected chi connectivity index (χ1v) is 21.1. The lowest BCUT2D eigenvalue weighted by molar-refractivity contribution is -0.286. The van der Waals surface area contributed by atoms with E-state index in [2.05, 4.69) is 83.1 Å². The maximum absolute atomic E-state index is 13.1. The molecule has 0 aromatic carbocycles. The third-order valence-corrected chi connectivity index (χ3v) is 14.8. The van der Waals surface area contributed by atoms with E-state index in [1.165, 1.54) is 32.1 Å². The Labute approximate surface area is 314 Å². The molecule has 0 radical (unpaired) electrons. The lowest BCUT2D eigenvalue weighted by atomic mass is 9.50. The Balaban J connectivity index is 1.31. The number of ether oxygens (including phenoxy) is 3. The monoisotopic (exact) mass is 719 g/mol. The summed E-state index contributed by atoms with van der Waals surface area (Å²) in [5, 5.41) is 23.1. The summed E-state index contributed by atoms with van der Waals surface area (Å²) in [5.74, 6) is 3.34. The maximum atomic E-state index is 13.1. The fraction of sp³-hybridized carbons (Fsp3) is 0.978. The van der Waals surface area contributed by atoms with Gasteiger partial charge in [0, 0.05) is 11.8 Å². The van der Waals surface area contributed by atoms with Gasteiger partial charge in [0.25, 0.3) is 0 Å². The summed E-state index contributed by atoms with van der Waals surface area (Å²) >= 11 is 0. The summed E-state index contributed by atoms with van der Waals surface area (Å²) in [7, 11) is 0. The minimum atomic E-state index is -1.02. The zero-order chi connectivity index (χ0) is 38.4. The number of aliphatic hydroxyl groups is 2. The summed E-state index contributed by atoms with van der Waals surface area (Å²) in [6.45, 7) is 30.8. The van der Waals surface area contributed by atoms with Crippen molar-refractivity contribution < 1.29 is 29.2 Å². The van der Waals surface area contributed by atoms with Crippen molar-refractivity contribution in [1.29, 1.82) is 0 Å². The Morgan fingerprint density at radius 3 is 1.63 bits per heavy atom. The molecule has 4 unspecified atom stereocenters. The highest BCUT2D eigenvalue weighted by molar-refractivity contribution is 5.71. The van der Waals surface area contributed by atoms with Gasteiger partial charge in [0.1, 0.15) is 12.2 Å². The van der Waals surface area contributed by atoms with Crippen molar-refractivity contribution >= 4 is 5.97 Å². The van der Waals surface area contributed by atoms with Gasteiger partial charge in [-0.05, 0) is 142 Å². The number of esters is 1. The molecule has 0 heterocycles. The van der Waals surface area contributed by atoms with Crippen LogP contribution < -0.4 is 0 Å². The molecule has 0 spiro atoms. The van der Waals surface area contributed by atoms with E-state index < -0.39 is 24.2 Å². The molecule has 5 fully saturated rings. The van der Waals surface area contributed by atoms with Crippen molar-refractivity contribution in [3.8, 4) is 0 Å². The lowest BCUT2D eigenvalue weighted by Crippen LogP contribution is -2.59. The summed E-state index contributed by atoms with van der Waals surface area (Å²) < 4.78 is 18.9. The predicted octanol–water partition coefficient (Wildman–Crippen LogP) is 11.0. The second kappa shape index (κ2) is 15.8. The lowest BCUT2D eigenvalue weighted by Gasteiger charge is -2.60. The van der Waals surface area contributed by atoms with E-state index in [-0.39, 0.29) is 51.6 Å².